The number of carbonyl (C=O) groups is 4. The summed E-state index contributed by atoms with van der Waals surface area (Å²) < 4.78 is 53.4. The molecular formula is C34H56N4O21. The van der Waals surface area contributed by atoms with Crippen molar-refractivity contribution in [1.82, 2.24) is 21.3 Å². The molecule has 4 amide bonds. The number of aliphatic hydroxyl groups excluding tert-OH is 8. The van der Waals surface area contributed by atoms with Gasteiger partial charge in [-0.1, -0.05) is 0 Å². The minimum absolute atomic E-state index is 0.286. The van der Waals surface area contributed by atoms with E-state index in [1.54, 1.807) is 0 Å². The highest BCUT2D eigenvalue weighted by Gasteiger charge is 2.56. The number of amides is 4. The topological polar surface area (TPSA) is 361 Å². The van der Waals surface area contributed by atoms with Crippen LogP contribution in [0, 0.1) is 0 Å². The van der Waals surface area contributed by atoms with Crippen molar-refractivity contribution in [2.75, 3.05) is 0 Å². The van der Waals surface area contributed by atoms with E-state index in [0.717, 1.165) is 0 Å². The van der Waals surface area contributed by atoms with Crippen molar-refractivity contribution in [2.24, 2.45) is 0 Å². The second-order valence-electron chi connectivity index (χ2n) is 15.1. The van der Waals surface area contributed by atoms with Crippen LogP contribution in [0.25, 0.3) is 0 Å². The zero-order valence-corrected chi connectivity index (χ0v) is 32.6. The molecule has 5 saturated heterocycles. The lowest BCUT2D eigenvalue weighted by molar-refractivity contribution is -0.399. The second kappa shape index (κ2) is 20.4. The van der Waals surface area contributed by atoms with Gasteiger partial charge in [0, 0.05) is 0 Å². The van der Waals surface area contributed by atoms with E-state index in [9.17, 15) is 60.0 Å². The first-order valence-electron chi connectivity index (χ1n) is 19.1. The maximum atomic E-state index is 11.7. The summed E-state index contributed by atoms with van der Waals surface area (Å²) in [5, 5.41) is 98.6. The fraction of sp³-hybridized carbons (Fsp3) is 0.882. The smallest absolute Gasteiger partial charge is 0.207 e. The summed E-state index contributed by atoms with van der Waals surface area (Å²) in [5.74, 6) is 0. The lowest BCUT2D eigenvalue weighted by Crippen LogP contribution is -2.70. The maximum Gasteiger partial charge on any atom is 0.207 e. The third kappa shape index (κ3) is 9.97. The lowest BCUT2D eigenvalue weighted by Gasteiger charge is -2.51. The van der Waals surface area contributed by atoms with Gasteiger partial charge in [-0.05, 0) is 34.6 Å². The van der Waals surface area contributed by atoms with Gasteiger partial charge in [0.25, 0.3) is 0 Å². The van der Waals surface area contributed by atoms with E-state index in [-0.39, 0.29) is 6.41 Å². The molecule has 0 aromatic carbocycles. The molecule has 0 spiro atoms. The molecular weight excluding hydrogens is 800 g/mol. The van der Waals surface area contributed by atoms with Crippen LogP contribution in [0.3, 0.4) is 0 Å². The first-order chi connectivity index (χ1) is 28.0. The molecule has 5 heterocycles. The highest BCUT2D eigenvalue weighted by Crippen LogP contribution is 2.36. The molecule has 5 aliphatic heterocycles. The molecule has 5 aliphatic rings. The summed E-state index contributed by atoms with van der Waals surface area (Å²) in [7, 11) is 0. The quantitative estimate of drug-likeness (QED) is 0.0642. The van der Waals surface area contributed by atoms with Crippen LogP contribution in [-0.2, 0) is 61.8 Å². The van der Waals surface area contributed by atoms with E-state index in [1.807, 2.05) is 0 Å². The van der Waals surface area contributed by atoms with E-state index < -0.39 is 153 Å². The fourth-order valence-electron chi connectivity index (χ4n) is 7.99. The van der Waals surface area contributed by atoms with Crippen LogP contribution in [0.2, 0.25) is 0 Å². The third-order valence-electron chi connectivity index (χ3n) is 11.3. The molecule has 12 N–H and O–H groups in total. The van der Waals surface area contributed by atoms with Crippen molar-refractivity contribution in [3.8, 4) is 0 Å². The monoisotopic (exact) mass is 856 g/mol. The normalized spacial score (nSPS) is 50.5. The van der Waals surface area contributed by atoms with Crippen molar-refractivity contribution in [1.29, 1.82) is 0 Å². The molecule has 5 fully saturated rings. The van der Waals surface area contributed by atoms with E-state index >= 15 is 0 Å². The number of nitrogens with one attached hydrogen (secondary N) is 4. The molecule has 0 unspecified atom stereocenters. The Morgan fingerprint density at radius 1 is 0.356 bits per heavy atom. The molecule has 338 valence electrons. The van der Waals surface area contributed by atoms with Gasteiger partial charge in [0.15, 0.2) is 31.5 Å². The molecule has 5 rings (SSSR count). The van der Waals surface area contributed by atoms with Gasteiger partial charge < -0.3 is 105 Å². The molecule has 25 atom stereocenters. The summed E-state index contributed by atoms with van der Waals surface area (Å²) in [5.41, 5.74) is 0. The molecule has 25 heteroatoms. The Kier molecular flexibility index (Phi) is 16.3. The van der Waals surface area contributed by atoms with Crippen LogP contribution in [-0.4, -0.2) is 220 Å². The van der Waals surface area contributed by atoms with Crippen LogP contribution in [0.5, 0.6) is 0 Å². The van der Waals surface area contributed by atoms with Crippen molar-refractivity contribution < 1.29 is 103 Å². The van der Waals surface area contributed by atoms with E-state index in [0.29, 0.717) is 19.2 Å². The summed E-state index contributed by atoms with van der Waals surface area (Å²) in [6.07, 6.45) is -31.5. The standard InChI is InChI=1S/C34H56N4O21/c1-10-16(36-7-40)21(45)26(30(50)51-10)56-34-29(24(48)19(43)14(5)55-34)59-33-28(23(47)18(38-9-42)13(4)54-33)58-32-27(22(46)17(37-8-41)12(3)53-32)57-31-25(49)20(44)15(35-6-39)11(2)52-31/h6-34,43-50H,1-5H3,(H,35,39)(H,36,40)(H,37,41)(H,38,42)/t10-,11-,12-,13-,14-,15-,16-,17-,18-,19-,20+,21+,22+,23+,24+,25+,26+,27+,28+,29+,30+,31-,32-,33-,34-/m1/s1. The van der Waals surface area contributed by atoms with Crippen molar-refractivity contribution in [3.05, 3.63) is 0 Å². The first-order valence-corrected chi connectivity index (χ1v) is 19.1. The molecule has 0 bridgehead atoms. The Morgan fingerprint density at radius 2 is 0.661 bits per heavy atom. The number of carbonyl (C=O) groups excluding carboxylic acids is 4. The van der Waals surface area contributed by atoms with Crippen molar-refractivity contribution in [3.63, 3.8) is 0 Å². The van der Waals surface area contributed by atoms with Gasteiger partial charge in [0.2, 0.25) is 25.6 Å². The SMILES string of the molecule is C[C@H]1O[C@H](O[C@H]2[C@@H](O)[C@H](NC=O)[C@@H](C)O[C@@H]2O)[C@@H](O[C@H]2O[C@H](C)[C@@H](NC=O)[C@H](O)[C@@H]2O[C@H]2O[C@H](C)[C@@H](NC=O)[C@H](O)[C@@H]2O[C@H]2O[C@H](C)[C@@H](NC=O)[C@H](O)[C@@H]2O)[C@@H](O)[C@@H]1O. The minimum Gasteiger partial charge on any atom is -0.388 e. The number of hydrogen-bond donors (Lipinski definition) is 12. The van der Waals surface area contributed by atoms with Gasteiger partial charge in [0.05, 0.1) is 54.7 Å². The number of hydrogen-bond acceptors (Lipinski definition) is 21. The summed E-state index contributed by atoms with van der Waals surface area (Å²) in [6, 6.07) is -4.50. The summed E-state index contributed by atoms with van der Waals surface area (Å²) in [4.78, 5) is 45.5. The molecule has 0 radical (unpaired) electrons. The van der Waals surface area contributed by atoms with Crippen LogP contribution >= 0.6 is 0 Å². The summed E-state index contributed by atoms with van der Waals surface area (Å²) >= 11 is 0. The van der Waals surface area contributed by atoms with Gasteiger partial charge >= 0.3 is 0 Å². The van der Waals surface area contributed by atoms with Gasteiger partial charge in [0.1, 0.15) is 67.1 Å². The molecule has 0 aromatic heterocycles. The average Bonchev–Trinajstić information content (AvgIpc) is 3.18. The van der Waals surface area contributed by atoms with Crippen LogP contribution in [0.1, 0.15) is 34.6 Å². The highest BCUT2D eigenvalue weighted by molar-refractivity contribution is 5.48. The Hall–Kier alpha value is -2.80. The minimum atomic E-state index is -1.84. The van der Waals surface area contributed by atoms with Gasteiger partial charge in [-0.2, -0.15) is 0 Å². The Morgan fingerprint density at radius 3 is 1.08 bits per heavy atom. The summed E-state index contributed by atoms with van der Waals surface area (Å²) in [6.45, 7) is 7.25. The van der Waals surface area contributed by atoms with Gasteiger partial charge in [-0.15, -0.1) is 0 Å². The van der Waals surface area contributed by atoms with E-state index in [1.165, 1.54) is 34.6 Å². The molecule has 25 nitrogen and oxygen atoms in total. The Balaban J connectivity index is 1.46. The predicted octanol–water partition coefficient (Wildman–Crippen LogP) is -7.77. The molecule has 0 saturated carbocycles. The lowest BCUT2D eigenvalue weighted by atomic mass is 9.94. The molecule has 0 aliphatic carbocycles. The van der Waals surface area contributed by atoms with Gasteiger partial charge in [-0.25, -0.2) is 0 Å². The maximum absolute atomic E-state index is 11.7. The highest BCUT2D eigenvalue weighted by atomic mass is 16.8. The first kappa shape index (κ1) is 47.3. The Bertz CT molecular complexity index is 1390. The van der Waals surface area contributed by atoms with E-state index in [2.05, 4.69) is 21.3 Å². The number of ether oxygens (including phenoxy) is 9. The molecule has 0 aromatic rings. The van der Waals surface area contributed by atoms with Crippen LogP contribution in [0.15, 0.2) is 0 Å². The fourth-order valence-corrected chi connectivity index (χ4v) is 7.99. The number of aliphatic hydroxyl groups is 8. The Labute approximate surface area is 337 Å². The van der Waals surface area contributed by atoms with Gasteiger partial charge in [-0.3, -0.25) is 19.2 Å². The second-order valence-corrected chi connectivity index (χ2v) is 15.1. The van der Waals surface area contributed by atoms with E-state index in [4.69, 9.17) is 42.6 Å². The average molecular weight is 857 g/mol. The predicted molar refractivity (Wildman–Crippen MR) is 187 cm³/mol. The van der Waals surface area contributed by atoms with Crippen molar-refractivity contribution >= 4 is 25.6 Å². The van der Waals surface area contributed by atoms with Crippen LogP contribution < -0.4 is 21.3 Å². The van der Waals surface area contributed by atoms with Crippen LogP contribution in [0.4, 0.5) is 0 Å². The van der Waals surface area contributed by atoms with Crippen molar-refractivity contribution in [2.45, 2.75) is 188 Å². The third-order valence-corrected chi connectivity index (χ3v) is 11.3. The zero-order chi connectivity index (χ0) is 43.5. The zero-order valence-electron chi connectivity index (χ0n) is 32.6. The molecule has 59 heavy (non-hydrogen) atoms. The number of rotatable bonds is 16. The largest absolute Gasteiger partial charge is 0.388 e.